The Morgan fingerprint density at radius 2 is 2.04 bits per heavy atom. The van der Waals surface area contributed by atoms with Crippen LogP contribution in [0, 0.1) is 5.92 Å². The highest BCUT2D eigenvalue weighted by atomic mass is 35.5. The maximum Gasteiger partial charge on any atom is 0.138 e. The van der Waals surface area contributed by atoms with Gasteiger partial charge in [0.05, 0.1) is 16.8 Å². The van der Waals surface area contributed by atoms with E-state index in [2.05, 4.69) is 22.0 Å². The van der Waals surface area contributed by atoms with E-state index in [-0.39, 0.29) is 0 Å². The number of aromatic nitrogens is 1. The number of benzene rings is 1. The van der Waals surface area contributed by atoms with Crippen molar-refractivity contribution in [1.29, 1.82) is 0 Å². The molecule has 3 heterocycles. The molecule has 26 heavy (non-hydrogen) atoms. The minimum absolute atomic E-state index is 0.394. The summed E-state index contributed by atoms with van der Waals surface area (Å²) in [4.78, 5) is 6.89. The second kappa shape index (κ2) is 8.13. The molecule has 2 fully saturated rings. The first kappa shape index (κ1) is 18.1. The number of halogens is 2. The van der Waals surface area contributed by atoms with Gasteiger partial charge in [-0.1, -0.05) is 23.2 Å². The Kier molecular flexibility index (Phi) is 5.65. The van der Waals surface area contributed by atoms with Crippen molar-refractivity contribution in [3.8, 4) is 5.75 Å². The van der Waals surface area contributed by atoms with Gasteiger partial charge in [-0.2, -0.15) is 0 Å². The van der Waals surface area contributed by atoms with Gasteiger partial charge in [0.25, 0.3) is 0 Å². The molecule has 0 N–H and O–H groups in total. The van der Waals surface area contributed by atoms with Gasteiger partial charge >= 0.3 is 0 Å². The minimum atomic E-state index is 0.394. The maximum absolute atomic E-state index is 6.14. The monoisotopic (exact) mass is 392 g/mol. The highest BCUT2D eigenvalue weighted by Crippen LogP contribution is 2.28. The fourth-order valence-corrected chi connectivity index (χ4v) is 3.95. The van der Waals surface area contributed by atoms with E-state index < -0.39 is 0 Å². The maximum atomic E-state index is 6.14. The summed E-state index contributed by atoms with van der Waals surface area (Å²) in [5, 5.41) is 1.11. The van der Waals surface area contributed by atoms with E-state index in [0.29, 0.717) is 28.5 Å². The van der Waals surface area contributed by atoms with Crippen LogP contribution >= 0.6 is 23.2 Å². The van der Waals surface area contributed by atoms with E-state index in [4.69, 9.17) is 32.7 Å². The molecule has 0 bridgehead atoms. The fourth-order valence-electron chi connectivity index (χ4n) is 3.48. The Balaban J connectivity index is 1.27. The Morgan fingerprint density at radius 1 is 1.19 bits per heavy atom. The summed E-state index contributed by atoms with van der Waals surface area (Å²) in [5.74, 6) is 1.34. The zero-order chi connectivity index (χ0) is 17.9. The first-order valence-corrected chi connectivity index (χ1v) is 9.77. The molecule has 1 aromatic carbocycles. The van der Waals surface area contributed by atoms with Crippen LogP contribution in [0.25, 0.3) is 0 Å². The zero-order valence-electron chi connectivity index (χ0n) is 14.5. The summed E-state index contributed by atoms with van der Waals surface area (Å²) in [6.07, 6.45) is 4.63. The van der Waals surface area contributed by atoms with Crippen molar-refractivity contribution in [2.75, 3.05) is 26.2 Å². The van der Waals surface area contributed by atoms with E-state index in [1.165, 1.54) is 12.0 Å². The molecule has 1 atom stereocenters. The normalized spacial score (nSPS) is 20.5. The Hall–Kier alpha value is -1.33. The van der Waals surface area contributed by atoms with Crippen molar-refractivity contribution in [3.05, 3.63) is 57.8 Å². The lowest BCUT2D eigenvalue weighted by molar-refractivity contribution is -0.0817. The Labute approximate surface area is 164 Å². The number of hydrogen-bond donors (Lipinski definition) is 0. The van der Waals surface area contributed by atoms with Gasteiger partial charge in [0, 0.05) is 37.5 Å². The molecule has 0 saturated carbocycles. The summed E-state index contributed by atoms with van der Waals surface area (Å²) >= 11 is 12.1. The Bertz CT molecular complexity index is 761. The SMILES string of the molecule is Clc1ccc(OCc2cc(CC3CN(C[C@@H]4CCO4)C3)ccn2)c(Cl)c1. The van der Waals surface area contributed by atoms with Crippen LogP contribution in [0.1, 0.15) is 17.7 Å². The van der Waals surface area contributed by atoms with E-state index in [1.54, 1.807) is 18.2 Å². The van der Waals surface area contributed by atoms with E-state index in [9.17, 15) is 0 Å². The molecular weight excluding hydrogens is 371 g/mol. The van der Waals surface area contributed by atoms with Crippen molar-refractivity contribution in [2.45, 2.75) is 25.6 Å². The summed E-state index contributed by atoms with van der Waals surface area (Å²) in [5.41, 5.74) is 2.22. The fraction of sp³-hybridized carbons (Fsp3) is 0.450. The number of ether oxygens (including phenoxy) is 2. The number of likely N-dealkylation sites (tertiary alicyclic amines) is 1. The molecule has 138 valence electrons. The standard InChI is InChI=1S/C20H22Cl2N2O2/c21-16-1-2-20(19(22)9-16)26-13-17-8-14(3-5-23-17)7-15-10-24(11-15)12-18-4-6-25-18/h1-3,5,8-9,15,18H,4,6-7,10-13H2/t18-/m0/s1. The molecule has 2 saturated heterocycles. The number of pyridine rings is 1. The lowest BCUT2D eigenvalue weighted by Crippen LogP contribution is -2.52. The lowest BCUT2D eigenvalue weighted by atomic mass is 9.91. The predicted octanol–water partition coefficient (Wildman–Crippen LogP) is 4.23. The third kappa shape index (κ3) is 4.49. The molecule has 0 spiro atoms. The number of rotatable bonds is 7. The average molecular weight is 393 g/mol. The third-order valence-corrected chi connectivity index (χ3v) is 5.49. The topological polar surface area (TPSA) is 34.6 Å². The first-order chi connectivity index (χ1) is 12.7. The van der Waals surface area contributed by atoms with Gasteiger partial charge in [-0.3, -0.25) is 4.98 Å². The Morgan fingerprint density at radius 3 is 2.77 bits per heavy atom. The molecule has 2 aliphatic heterocycles. The summed E-state index contributed by atoms with van der Waals surface area (Å²) in [6, 6.07) is 9.45. The van der Waals surface area contributed by atoms with Gasteiger partial charge in [-0.05, 0) is 54.7 Å². The molecule has 6 heteroatoms. The molecule has 2 aliphatic rings. The molecule has 0 radical (unpaired) electrons. The van der Waals surface area contributed by atoms with E-state index in [1.807, 2.05) is 6.20 Å². The van der Waals surface area contributed by atoms with Crippen molar-refractivity contribution in [3.63, 3.8) is 0 Å². The van der Waals surface area contributed by atoms with Gasteiger partial charge in [0.1, 0.15) is 12.4 Å². The highest BCUT2D eigenvalue weighted by Gasteiger charge is 2.30. The third-order valence-electron chi connectivity index (χ3n) is 4.96. The van der Waals surface area contributed by atoms with Gasteiger partial charge in [-0.25, -0.2) is 0 Å². The highest BCUT2D eigenvalue weighted by molar-refractivity contribution is 6.35. The summed E-state index contributed by atoms with van der Waals surface area (Å²) < 4.78 is 11.3. The zero-order valence-corrected chi connectivity index (χ0v) is 16.0. The predicted molar refractivity (Wildman–Crippen MR) is 103 cm³/mol. The van der Waals surface area contributed by atoms with Crippen LogP contribution < -0.4 is 4.74 Å². The second-order valence-electron chi connectivity index (χ2n) is 7.09. The van der Waals surface area contributed by atoms with Crippen LogP contribution in [-0.4, -0.2) is 42.2 Å². The van der Waals surface area contributed by atoms with Crippen LogP contribution in [-0.2, 0) is 17.8 Å². The van der Waals surface area contributed by atoms with Crippen molar-refractivity contribution in [1.82, 2.24) is 9.88 Å². The lowest BCUT2D eigenvalue weighted by Gasteiger charge is -2.43. The molecule has 0 unspecified atom stereocenters. The largest absolute Gasteiger partial charge is 0.486 e. The average Bonchev–Trinajstić information content (AvgIpc) is 2.55. The molecule has 1 aromatic heterocycles. The summed E-state index contributed by atoms with van der Waals surface area (Å²) in [6.45, 7) is 4.74. The first-order valence-electron chi connectivity index (χ1n) is 9.01. The minimum Gasteiger partial charge on any atom is -0.486 e. The quantitative estimate of drug-likeness (QED) is 0.705. The molecule has 4 nitrogen and oxygen atoms in total. The van der Waals surface area contributed by atoms with Gasteiger partial charge in [0.15, 0.2) is 0 Å². The van der Waals surface area contributed by atoms with Gasteiger partial charge < -0.3 is 14.4 Å². The molecule has 0 aliphatic carbocycles. The molecule has 4 rings (SSSR count). The van der Waals surface area contributed by atoms with Crippen molar-refractivity contribution in [2.24, 2.45) is 5.92 Å². The van der Waals surface area contributed by atoms with Gasteiger partial charge in [-0.15, -0.1) is 0 Å². The van der Waals surface area contributed by atoms with E-state index >= 15 is 0 Å². The smallest absolute Gasteiger partial charge is 0.138 e. The van der Waals surface area contributed by atoms with Crippen LogP contribution in [0.2, 0.25) is 10.0 Å². The van der Waals surface area contributed by atoms with Crippen LogP contribution in [0.4, 0.5) is 0 Å². The van der Waals surface area contributed by atoms with Crippen LogP contribution in [0.15, 0.2) is 36.5 Å². The molecule has 0 amide bonds. The van der Waals surface area contributed by atoms with Gasteiger partial charge in [0.2, 0.25) is 0 Å². The van der Waals surface area contributed by atoms with Crippen LogP contribution in [0.3, 0.4) is 0 Å². The number of nitrogens with zero attached hydrogens (tertiary/aromatic N) is 2. The van der Waals surface area contributed by atoms with Crippen molar-refractivity contribution < 1.29 is 9.47 Å². The second-order valence-corrected chi connectivity index (χ2v) is 7.93. The van der Waals surface area contributed by atoms with Crippen molar-refractivity contribution >= 4 is 23.2 Å². The van der Waals surface area contributed by atoms with Crippen LogP contribution in [0.5, 0.6) is 5.75 Å². The molecule has 2 aromatic rings. The summed E-state index contributed by atoms with van der Waals surface area (Å²) in [7, 11) is 0. The van der Waals surface area contributed by atoms with E-state index in [0.717, 1.165) is 44.3 Å². The molecular formula is C20H22Cl2N2O2. The number of hydrogen-bond acceptors (Lipinski definition) is 4.